The van der Waals surface area contributed by atoms with Gasteiger partial charge in [-0.05, 0) is 25.5 Å². The fraction of sp³-hybridized carbons (Fsp3) is 0.455. The summed E-state index contributed by atoms with van der Waals surface area (Å²) in [7, 11) is 0. The van der Waals surface area contributed by atoms with Gasteiger partial charge in [0.1, 0.15) is 0 Å². The Morgan fingerprint density at radius 2 is 2.24 bits per heavy atom. The van der Waals surface area contributed by atoms with Crippen molar-refractivity contribution in [2.24, 2.45) is 10.9 Å². The van der Waals surface area contributed by atoms with Gasteiger partial charge in [-0.2, -0.15) is 0 Å². The van der Waals surface area contributed by atoms with Crippen LogP contribution in [-0.2, 0) is 0 Å². The van der Waals surface area contributed by atoms with Gasteiger partial charge in [0.25, 0.3) is 0 Å². The van der Waals surface area contributed by atoms with Crippen LogP contribution in [-0.4, -0.2) is 34.3 Å². The average molecular weight is 239 g/mol. The third kappa shape index (κ3) is 3.32. The number of aryl methyl sites for hydroxylation is 2. The Bertz CT molecular complexity index is 419. The molecular weight excluding hydrogens is 222 g/mol. The summed E-state index contributed by atoms with van der Waals surface area (Å²) in [5.41, 5.74) is 7.68. The summed E-state index contributed by atoms with van der Waals surface area (Å²) in [6.07, 6.45) is 0.504. The molecule has 6 nitrogen and oxygen atoms in total. The van der Waals surface area contributed by atoms with Crippen molar-refractivity contribution in [3.05, 3.63) is 22.9 Å². The van der Waals surface area contributed by atoms with Gasteiger partial charge in [-0.3, -0.25) is 0 Å². The number of nitrogens with two attached hydrogens (primary N) is 1. The summed E-state index contributed by atoms with van der Waals surface area (Å²) in [6, 6.07) is 1.83. The molecule has 0 saturated heterocycles. The first kappa shape index (κ1) is 13.2. The maximum Gasteiger partial charge on any atom is 0.225 e. The van der Waals surface area contributed by atoms with E-state index in [-0.39, 0.29) is 12.4 Å². The van der Waals surface area contributed by atoms with E-state index < -0.39 is 0 Å². The predicted molar refractivity (Wildman–Crippen MR) is 63.4 cm³/mol. The largest absolute Gasteiger partial charge is 0.477 e. The van der Waals surface area contributed by atoms with E-state index >= 15 is 0 Å². The summed E-state index contributed by atoms with van der Waals surface area (Å²) in [6.45, 7) is 4.05. The van der Waals surface area contributed by atoms with E-state index in [0.717, 1.165) is 11.3 Å². The Labute approximate surface area is 99.7 Å². The number of ether oxygens (including phenoxy) is 1. The zero-order valence-corrected chi connectivity index (χ0v) is 9.97. The van der Waals surface area contributed by atoms with Crippen LogP contribution in [0, 0.1) is 13.8 Å². The van der Waals surface area contributed by atoms with E-state index in [9.17, 15) is 0 Å². The van der Waals surface area contributed by atoms with E-state index in [0.29, 0.717) is 24.5 Å². The summed E-state index contributed by atoms with van der Waals surface area (Å²) in [5, 5.41) is 20.4. The highest BCUT2D eigenvalue weighted by Crippen LogP contribution is 2.20. The number of nitrogens with zero attached hydrogens (tertiary/aromatic N) is 2. The minimum absolute atomic E-state index is 0.0333. The van der Waals surface area contributed by atoms with Gasteiger partial charge in [0.05, 0.1) is 12.2 Å². The molecule has 1 heterocycles. The molecule has 0 aliphatic heterocycles. The normalized spacial score (nSPS) is 11.6. The SMILES string of the molecule is Cc1cc(C)c(/C(N)=N/O)c(OCCCO)n1. The van der Waals surface area contributed by atoms with Crippen molar-refractivity contribution in [1.82, 2.24) is 4.98 Å². The molecule has 1 aromatic heterocycles. The summed E-state index contributed by atoms with van der Waals surface area (Å²) >= 11 is 0. The summed E-state index contributed by atoms with van der Waals surface area (Å²) in [5.74, 6) is 0.292. The minimum Gasteiger partial charge on any atom is -0.477 e. The molecule has 17 heavy (non-hydrogen) atoms. The van der Waals surface area contributed by atoms with E-state index in [2.05, 4.69) is 10.1 Å². The van der Waals surface area contributed by atoms with Crippen LogP contribution in [0.15, 0.2) is 11.2 Å². The lowest BCUT2D eigenvalue weighted by molar-refractivity contribution is 0.228. The second-order valence-corrected chi connectivity index (χ2v) is 3.67. The maximum absolute atomic E-state index is 8.72. The van der Waals surface area contributed by atoms with Gasteiger partial charge in [-0.25, -0.2) is 4.98 Å². The Hall–Kier alpha value is -1.82. The lowest BCUT2D eigenvalue weighted by Crippen LogP contribution is -2.18. The second-order valence-electron chi connectivity index (χ2n) is 3.67. The van der Waals surface area contributed by atoms with Crippen LogP contribution in [0.4, 0.5) is 0 Å². The third-order valence-electron chi connectivity index (χ3n) is 2.22. The number of hydrogen-bond donors (Lipinski definition) is 3. The van der Waals surface area contributed by atoms with Crippen molar-refractivity contribution in [1.29, 1.82) is 0 Å². The van der Waals surface area contributed by atoms with Crippen molar-refractivity contribution in [3.8, 4) is 5.88 Å². The van der Waals surface area contributed by atoms with Crippen LogP contribution in [0.2, 0.25) is 0 Å². The molecule has 0 bridgehead atoms. The van der Waals surface area contributed by atoms with Gasteiger partial charge < -0.3 is 20.8 Å². The molecule has 4 N–H and O–H groups in total. The molecule has 0 radical (unpaired) electrons. The number of aliphatic hydroxyl groups excluding tert-OH is 1. The van der Waals surface area contributed by atoms with Crippen LogP contribution in [0.1, 0.15) is 23.2 Å². The standard InChI is InChI=1S/C11H17N3O3/c1-7-6-8(2)13-11(17-5-3-4-15)9(7)10(12)14-16/h6,15-16H,3-5H2,1-2H3,(H2,12,14). The van der Waals surface area contributed by atoms with Crippen molar-refractivity contribution < 1.29 is 15.1 Å². The van der Waals surface area contributed by atoms with Crippen LogP contribution in [0.25, 0.3) is 0 Å². The second kappa shape index (κ2) is 6.05. The van der Waals surface area contributed by atoms with Gasteiger partial charge >= 0.3 is 0 Å². The third-order valence-corrected chi connectivity index (χ3v) is 2.22. The van der Waals surface area contributed by atoms with E-state index in [1.807, 2.05) is 19.9 Å². The predicted octanol–water partition coefficient (Wildman–Crippen LogP) is 0.554. The molecule has 0 spiro atoms. The highest BCUT2D eigenvalue weighted by molar-refractivity contribution is 6.00. The van der Waals surface area contributed by atoms with E-state index in [1.54, 1.807) is 0 Å². The van der Waals surface area contributed by atoms with E-state index in [4.69, 9.17) is 20.8 Å². The van der Waals surface area contributed by atoms with Crippen LogP contribution >= 0.6 is 0 Å². The Morgan fingerprint density at radius 3 is 2.82 bits per heavy atom. The molecule has 0 aliphatic rings. The zero-order valence-electron chi connectivity index (χ0n) is 9.97. The van der Waals surface area contributed by atoms with Crippen molar-refractivity contribution in [3.63, 3.8) is 0 Å². The Morgan fingerprint density at radius 1 is 1.53 bits per heavy atom. The highest BCUT2D eigenvalue weighted by atomic mass is 16.5. The molecule has 0 amide bonds. The molecule has 6 heteroatoms. The van der Waals surface area contributed by atoms with Gasteiger partial charge in [-0.15, -0.1) is 0 Å². The monoisotopic (exact) mass is 239 g/mol. The topological polar surface area (TPSA) is 101 Å². The molecular formula is C11H17N3O3. The lowest BCUT2D eigenvalue weighted by atomic mass is 10.1. The van der Waals surface area contributed by atoms with Gasteiger partial charge in [0, 0.05) is 18.7 Å². The first-order valence-electron chi connectivity index (χ1n) is 5.30. The quantitative estimate of drug-likeness (QED) is 0.229. The number of aromatic nitrogens is 1. The zero-order chi connectivity index (χ0) is 12.8. The van der Waals surface area contributed by atoms with Gasteiger partial charge in [-0.1, -0.05) is 5.16 Å². The molecule has 1 rings (SSSR count). The van der Waals surface area contributed by atoms with E-state index in [1.165, 1.54) is 0 Å². The maximum atomic E-state index is 8.72. The first-order valence-corrected chi connectivity index (χ1v) is 5.30. The minimum atomic E-state index is -0.0333. The smallest absolute Gasteiger partial charge is 0.225 e. The molecule has 0 aromatic carbocycles. The van der Waals surface area contributed by atoms with Gasteiger partial charge in [0.2, 0.25) is 5.88 Å². The van der Waals surface area contributed by atoms with Gasteiger partial charge in [0.15, 0.2) is 5.84 Å². The number of rotatable bonds is 5. The number of aliphatic hydroxyl groups is 1. The number of amidine groups is 1. The fourth-order valence-electron chi connectivity index (χ4n) is 1.50. The van der Waals surface area contributed by atoms with Crippen LogP contribution in [0.3, 0.4) is 0 Å². The fourth-order valence-corrected chi connectivity index (χ4v) is 1.50. The average Bonchev–Trinajstić information content (AvgIpc) is 2.28. The number of hydrogen-bond acceptors (Lipinski definition) is 5. The van der Waals surface area contributed by atoms with Crippen molar-refractivity contribution in [2.45, 2.75) is 20.3 Å². The Balaban J connectivity index is 3.07. The van der Waals surface area contributed by atoms with Crippen molar-refractivity contribution in [2.75, 3.05) is 13.2 Å². The summed E-state index contributed by atoms with van der Waals surface area (Å²) in [4.78, 5) is 4.20. The van der Waals surface area contributed by atoms with Crippen LogP contribution < -0.4 is 10.5 Å². The molecule has 1 aromatic rings. The number of pyridine rings is 1. The molecule has 0 atom stereocenters. The van der Waals surface area contributed by atoms with Crippen LogP contribution in [0.5, 0.6) is 5.88 Å². The highest BCUT2D eigenvalue weighted by Gasteiger charge is 2.14. The molecule has 94 valence electrons. The number of oxime groups is 1. The van der Waals surface area contributed by atoms with Crippen molar-refractivity contribution >= 4 is 5.84 Å². The molecule has 0 aliphatic carbocycles. The lowest BCUT2D eigenvalue weighted by Gasteiger charge is -2.12. The Kier molecular flexibility index (Phi) is 4.71. The molecule has 0 saturated carbocycles. The molecule has 0 unspecified atom stereocenters. The summed E-state index contributed by atoms with van der Waals surface area (Å²) < 4.78 is 5.42. The molecule has 0 fully saturated rings. The first-order chi connectivity index (χ1) is 8.10.